The Kier molecular flexibility index (Phi) is 3.84. The minimum absolute atomic E-state index is 0.101. The molecule has 2 aliphatic carbocycles. The second-order valence-electron chi connectivity index (χ2n) is 7.48. The van der Waals surface area contributed by atoms with Gasteiger partial charge < -0.3 is 10.5 Å². The highest BCUT2D eigenvalue weighted by Crippen LogP contribution is 2.66. The molecule has 2 N–H and O–H groups in total. The Morgan fingerprint density at radius 3 is 2.57 bits per heavy atom. The van der Waals surface area contributed by atoms with E-state index in [4.69, 9.17) is 22.1 Å². The van der Waals surface area contributed by atoms with Crippen molar-refractivity contribution in [1.82, 2.24) is 0 Å². The standard InChI is InChI=1S/C18H26ClNO/c1-17(2)12-8-9-18(17,3)16(10-12)21-15(11-20)13-6-4-5-7-14(13)19/h4-7,12,15-16H,8-11,20H2,1-3H3. The van der Waals surface area contributed by atoms with Crippen molar-refractivity contribution in [1.29, 1.82) is 0 Å². The lowest BCUT2D eigenvalue weighted by Crippen LogP contribution is -2.38. The number of ether oxygens (including phenoxy) is 1. The van der Waals surface area contributed by atoms with Gasteiger partial charge in [-0.25, -0.2) is 0 Å². The van der Waals surface area contributed by atoms with E-state index in [1.54, 1.807) is 0 Å². The number of benzene rings is 1. The molecule has 4 atom stereocenters. The van der Waals surface area contributed by atoms with E-state index in [1.807, 2.05) is 24.3 Å². The Balaban J connectivity index is 1.82. The van der Waals surface area contributed by atoms with Crippen molar-refractivity contribution in [3.05, 3.63) is 34.9 Å². The van der Waals surface area contributed by atoms with E-state index in [1.165, 1.54) is 12.8 Å². The summed E-state index contributed by atoms with van der Waals surface area (Å²) >= 11 is 6.32. The lowest BCUT2D eigenvalue weighted by molar-refractivity contribution is -0.0848. The molecule has 0 heterocycles. The molecule has 0 radical (unpaired) electrons. The van der Waals surface area contributed by atoms with Crippen LogP contribution in [0.3, 0.4) is 0 Å². The third-order valence-corrected chi connectivity index (χ3v) is 6.85. The van der Waals surface area contributed by atoms with Gasteiger partial charge in [-0.15, -0.1) is 0 Å². The predicted molar refractivity (Wildman–Crippen MR) is 87.3 cm³/mol. The first kappa shape index (κ1) is 15.3. The fraction of sp³-hybridized carbons (Fsp3) is 0.667. The molecule has 2 aliphatic rings. The molecule has 2 nitrogen and oxygen atoms in total. The van der Waals surface area contributed by atoms with Crippen LogP contribution in [0.15, 0.2) is 24.3 Å². The zero-order chi connectivity index (χ0) is 15.3. The largest absolute Gasteiger partial charge is 0.368 e. The van der Waals surface area contributed by atoms with Gasteiger partial charge >= 0.3 is 0 Å². The highest BCUT2D eigenvalue weighted by atomic mass is 35.5. The van der Waals surface area contributed by atoms with Gasteiger partial charge in [0.15, 0.2) is 0 Å². The number of hydrogen-bond acceptors (Lipinski definition) is 2. The molecule has 1 aromatic rings. The van der Waals surface area contributed by atoms with E-state index in [2.05, 4.69) is 20.8 Å². The van der Waals surface area contributed by atoms with Crippen LogP contribution >= 0.6 is 11.6 Å². The summed E-state index contributed by atoms with van der Waals surface area (Å²) in [6, 6.07) is 7.89. The summed E-state index contributed by atoms with van der Waals surface area (Å²) in [4.78, 5) is 0. The molecule has 2 saturated carbocycles. The molecular weight excluding hydrogens is 282 g/mol. The van der Waals surface area contributed by atoms with Crippen LogP contribution in [0.2, 0.25) is 5.02 Å². The average Bonchev–Trinajstić information content (AvgIpc) is 2.78. The summed E-state index contributed by atoms with van der Waals surface area (Å²) in [6.07, 6.45) is 3.94. The number of fused-ring (bicyclic) bond motifs is 2. The van der Waals surface area contributed by atoms with E-state index in [9.17, 15) is 0 Å². The maximum atomic E-state index is 6.49. The minimum atomic E-state index is -0.101. The highest BCUT2D eigenvalue weighted by Gasteiger charge is 2.62. The van der Waals surface area contributed by atoms with Gasteiger partial charge in [0, 0.05) is 17.1 Å². The van der Waals surface area contributed by atoms with Crippen LogP contribution in [-0.2, 0) is 4.74 Å². The zero-order valence-corrected chi connectivity index (χ0v) is 14.0. The second-order valence-corrected chi connectivity index (χ2v) is 7.89. The fourth-order valence-electron chi connectivity index (χ4n) is 4.53. The maximum absolute atomic E-state index is 6.49. The van der Waals surface area contributed by atoms with E-state index < -0.39 is 0 Å². The van der Waals surface area contributed by atoms with E-state index >= 15 is 0 Å². The first-order valence-electron chi connectivity index (χ1n) is 8.00. The first-order valence-corrected chi connectivity index (χ1v) is 8.38. The van der Waals surface area contributed by atoms with Crippen molar-refractivity contribution in [2.75, 3.05) is 6.54 Å². The molecule has 0 aromatic heterocycles. The molecule has 21 heavy (non-hydrogen) atoms. The summed E-state index contributed by atoms with van der Waals surface area (Å²) in [5.74, 6) is 0.775. The van der Waals surface area contributed by atoms with Gasteiger partial charge in [0.2, 0.25) is 0 Å². The minimum Gasteiger partial charge on any atom is -0.368 e. The maximum Gasteiger partial charge on any atom is 0.0965 e. The third kappa shape index (κ3) is 2.23. The van der Waals surface area contributed by atoms with Crippen LogP contribution in [0.4, 0.5) is 0 Å². The van der Waals surface area contributed by atoms with Crippen LogP contribution in [0.25, 0.3) is 0 Å². The summed E-state index contributed by atoms with van der Waals surface area (Å²) in [5, 5.41) is 0.750. The summed E-state index contributed by atoms with van der Waals surface area (Å²) in [7, 11) is 0. The molecule has 2 fully saturated rings. The molecule has 4 unspecified atom stereocenters. The summed E-state index contributed by atoms with van der Waals surface area (Å²) < 4.78 is 6.49. The molecule has 1 aromatic carbocycles. The molecule has 0 amide bonds. The fourth-order valence-corrected chi connectivity index (χ4v) is 4.78. The van der Waals surface area contributed by atoms with Gasteiger partial charge in [-0.1, -0.05) is 50.6 Å². The highest BCUT2D eigenvalue weighted by molar-refractivity contribution is 6.31. The molecular formula is C18H26ClNO. The molecule has 2 bridgehead atoms. The van der Waals surface area contributed by atoms with Crippen molar-refractivity contribution in [3.63, 3.8) is 0 Å². The predicted octanol–water partition coefficient (Wildman–Crippen LogP) is 4.57. The van der Waals surface area contributed by atoms with Crippen molar-refractivity contribution >= 4 is 11.6 Å². The number of hydrogen-bond donors (Lipinski definition) is 1. The topological polar surface area (TPSA) is 35.2 Å². The monoisotopic (exact) mass is 307 g/mol. The van der Waals surface area contributed by atoms with E-state index in [0.29, 0.717) is 12.0 Å². The van der Waals surface area contributed by atoms with Crippen molar-refractivity contribution < 1.29 is 4.74 Å². The third-order valence-electron chi connectivity index (χ3n) is 6.51. The average molecular weight is 308 g/mol. The van der Waals surface area contributed by atoms with Crippen LogP contribution in [-0.4, -0.2) is 12.6 Å². The zero-order valence-electron chi connectivity index (χ0n) is 13.2. The van der Waals surface area contributed by atoms with E-state index in [-0.39, 0.29) is 17.6 Å². The Labute approximate surface area is 133 Å². The van der Waals surface area contributed by atoms with Gasteiger partial charge in [0.05, 0.1) is 12.2 Å². The Bertz CT molecular complexity index is 530. The van der Waals surface area contributed by atoms with Crippen LogP contribution in [0, 0.1) is 16.7 Å². The molecule has 116 valence electrons. The van der Waals surface area contributed by atoms with Crippen molar-refractivity contribution in [2.45, 2.75) is 52.2 Å². The Morgan fingerprint density at radius 2 is 2.05 bits per heavy atom. The lowest BCUT2D eigenvalue weighted by Gasteiger charge is -2.40. The summed E-state index contributed by atoms with van der Waals surface area (Å²) in [5.41, 5.74) is 7.61. The molecule has 0 aliphatic heterocycles. The quantitative estimate of drug-likeness (QED) is 0.884. The smallest absolute Gasteiger partial charge is 0.0965 e. The Morgan fingerprint density at radius 1 is 1.33 bits per heavy atom. The van der Waals surface area contributed by atoms with E-state index in [0.717, 1.165) is 22.9 Å². The van der Waals surface area contributed by atoms with Crippen LogP contribution in [0.1, 0.15) is 51.7 Å². The second kappa shape index (κ2) is 5.26. The van der Waals surface area contributed by atoms with Gasteiger partial charge in [-0.3, -0.25) is 0 Å². The molecule has 0 saturated heterocycles. The van der Waals surface area contributed by atoms with Gasteiger partial charge in [0.1, 0.15) is 0 Å². The van der Waals surface area contributed by atoms with Crippen molar-refractivity contribution in [3.8, 4) is 0 Å². The van der Waals surface area contributed by atoms with Gasteiger partial charge in [-0.2, -0.15) is 0 Å². The lowest BCUT2D eigenvalue weighted by atomic mass is 9.70. The first-order chi connectivity index (χ1) is 9.90. The Hall–Kier alpha value is -0.570. The van der Waals surface area contributed by atoms with Crippen LogP contribution < -0.4 is 5.73 Å². The molecule has 0 spiro atoms. The number of halogens is 1. The van der Waals surface area contributed by atoms with Crippen LogP contribution in [0.5, 0.6) is 0 Å². The van der Waals surface area contributed by atoms with Gasteiger partial charge in [-0.05, 0) is 42.1 Å². The number of nitrogens with two attached hydrogens (primary N) is 1. The van der Waals surface area contributed by atoms with Gasteiger partial charge in [0.25, 0.3) is 0 Å². The molecule has 3 rings (SSSR count). The normalized spacial score (nSPS) is 35.1. The van der Waals surface area contributed by atoms with Crippen molar-refractivity contribution in [2.24, 2.45) is 22.5 Å². The number of rotatable bonds is 4. The SMILES string of the molecule is CC1(C)C2CCC1(C)C(OC(CN)c1ccccc1Cl)C2. The molecule has 3 heteroatoms. The summed E-state index contributed by atoms with van der Waals surface area (Å²) in [6.45, 7) is 7.67.